The molecule has 0 bridgehead atoms. The van der Waals surface area contributed by atoms with E-state index < -0.39 is 5.97 Å². The first-order chi connectivity index (χ1) is 10.6. The molecule has 0 saturated heterocycles. The number of urea groups is 1. The first kappa shape index (κ1) is 15.9. The fourth-order valence-corrected chi connectivity index (χ4v) is 2.51. The Bertz CT molecular complexity index is 567. The largest absolute Gasteiger partial charge is 0.481 e. The highest BCUT2D eigenvalue weighted by atomic mass is 16.4. The number of aliphatic carboxylic acids is 1. The zero-order valence-corrected chi connectivity index (χ0v) is 12.3. The van der Waals surface area contributed by atoms with Crippen LogP contribution in [0.5, 0.6) is 0 Å². The van der Waals surface area contributed by atoms with Crippen molar-refractivity contribution in [3.63, 3.8) is 0 Å². The molecule has 0 atom stereocenters. The second kappa shape index (κ2) is 8.08. The van der Waals surface area contributed by atoms with Gasteiger partial charge in [-0.05, 0) is 37.8 Å². The number of carbonyl (C=O) groups is 2. The molecule has 2 rings (SSSR count). The van der Waals surface area contributed by atoms with E-state index in [-0.39, 0.29) is 24.5 Å². The Balaban J connectivity index is 1.67. The van der Waals surface area contributed by atoms with Crippen molar-refractivity contribution >= 4 is 12.0 Å². The summed E-state index contributed by atoms with van der Waals surface area (Å²) in [4.78, 5) is 22.6. The monoisotopic (exact) mass is 300 g/mol. The summed E-state index contributed by atoms with van der Waals surface area (Å²) in [6, 6.07) is 9.38. The number of nitrogens with one attached hydrogen (secondary N) is 2. The van der Waals surface area contributed by atoms with Crippen LogP contribution in [0.2, 0.25) is 0 Å². The zero-order chi connectivity index (χ0) is 15.8. The summed E-state index contributed by atoms with van der Waals surface area (Å²) >= 11 is 0. The molecule has 1 aromatic rings. The lowest BCUT2D eigenvalue weighted by molar-refractivity contribution is -0.142. The summed E-state index contributed by atoms with van der Waals surface area (Å²) in [6.45, 7) is 0.283. The molecule has 2 amide bonds. The first-order valence-electron chi connectivity index (χ1n) is 7.46. The maximum Gasteiger partial charge on any atom is 0.315 e. The van der Waals surface area contributed by atoms with Crippen LogP contribution in [0.1, 0.15) is 31.2 Å². The highest BCUT2D eigenvalue weighted by Gasteiger charge is 2.26. The minimum atomic E-state index is -0.737. The van der Waals surface area contributed by atoms with Gasteiger partial charge in [-0.1, -0.05) is 30.0 Å². The predicted octanol–water partition coefficient (Wildman–Crippen LogP) is 1.98. The zero-order valence-electron chi connectivity index (χ0n) is 12.3. The fraction of sp³-hybridized carbons (Fsp3) is 0.412. The van der Waals surface area contributed by atoms with Gasteiger partial charge in [-0.25, -0.2) is 4.79 Å². The van der Waals surface area contributed by atoms with Gasteiger partial charge in [-0.2, -0.15) is 0 Å². The van der Waals surface area contributed by atoms with Crippen molar-refractivity contribution in [2.24, 2.45) is 5.92 Å². The topological polar surface area (TPSA) is 78.4 Å². The Labute approximate surface area is 130 Å². The minimum Gasteiger partial charge on any atom is -0.481 e. The van der Waals surface area contributed by atoms with Gasteiger partial charge in [0.2, 0.25) is 0 Å². The van der Waals surface area contributed by atoms with Crippen molar-refractivity contribution in [2.75, 3.05) is 6.54 Å². The molecule has 1 fully saturated rings. The molecule has 1 saturated carbocycles. The molecule has 0 radical (unpaired) electrons. The lowest BCUT2D eigenvalue weighted by atomic mass is 9.86. The number of carbonyl (C=O) groups excluding carboxylic acids is 1. The molecule has 0 aromatic heterocycles. The quantitative estimate of drug-likeness (QED) is 0.747. The average molecular weight is 300 g/mol. The SMILES string of the molecule is O=C(NCC#Cc1ccccc1)NC1CCC(C(=O)O)CC1. The van der Waals surface area contributed by atoms with E-state index >= 15 is 0 Å². The van der Waals surface area contributed by atoms with Crippen molar-refractivity contribution < 1.29 is 14.7 Å². The first-order valence-corrected chi connectivity index (χ1v) is 7.46. The molecular formula is C17H20N2O3. The van der Waals surface area contributed by atoms with E-state index in [9.17, 15) is 9.59 Å². The van der Waals surface area contributed by atoms with Crippen molar-refractivity contribution in [3.8, 4) is 11.8 Å². The molecule has 0 heterocycles. The molecular weight excluding hydrogens is 280 g/mol. The van der Waals surface area contributed by atoms with Crippen LogP contribution < -0.4 is 10.6 Å². The van der Waals surface area contributed by atoms with Crippen molar-refractivity contribution in [3.05, 3.63) is 35.9 Å². The molecule has 116 valence electrons. The average Bonchev–Trinajstić information content (AvgIpc) is 2.53. The maximum absolute atomic E-state index is 11.7. The van der Waals surface area contributed by atoms with E-state index in [1.807, 2.05) is 30.3 Å². The summed E-state index contributed by atoms with van der Waals surface area (Å²) in [5.74, 6) is 4.85. The van der Waals surface area contributed by atoms with Gasteiger partial charge in [-0.3, -0.25) is 4.79 Å². The number of hydrogen-bond donors (Lipinski definition) is 3. The molecule has 1 aliphatic rings. The normalized spacial score (nSPS) is 20.4. The fourth-order valence-electron chi connectivity index (χ4n) is 2.51. The third kappa shape index (κ3) is 5.13. The van der Waals surface area contributed by atoms with Gasteiger partial charge in [0.15, 0.2) is 0 Å². The molecule has 5 heteroatoms. The highest BCUT2D eigenvalue weighted by molar-refractivity contribution is 5.74. The molecule has 0 unspecified atom stereocenters. The smallest absolute Gasteiger partial charge is 0.315 e. The van der Waals surface area contributed by atoms with Gasteiger partial charge in [0, 0.05) is 11.6 Å². The van der Waals surface area contributed by atoms with Crippen LogP contribution in [0, 0.1) is 17.8 Å². The molecule has 1 aliphatic carbocycles. The number of hydrogen-bond acceptors (Lipinski definition) is 2. The van der Waals surface area contributed by atoms with Crippen LogP contribution in [0.25, 0.3) is 0 Å². The molecule has 22 heavy (non-hydrogen) atoms. The van der Waals surface area contributed by atoms with E-state index in [1.165, 1.54) is 0 Å². The number of carboxylic acids is 1. The van der Waals surface area contributed by atoms with Gasteiger partial charge in [0.1, 0.15) is 0 Å². The Morgan fingerprint density at radius 1 is 1.14 bits per heavy atom. The lowest BCUT2D eigenvalue weighted by Crippen LogP contribution is -2.44. The molecule has 1 aromatic carbocycles. The third-order valence-corrected chi connectivity index (χ3v) is 3.76. The molecule has 0 aliphatic heterocycles. The van der Waals surface area contributed by atoms with E-state index in [0.717, 1.165) is 5.56 Å². The van der Waals surface area contributed by atoms with Crippen molar-refractivity contribution in [1.29, 1.82) is 0 Å². The summed E-state index contributed by atoms with van der Waals surface area (Å²) in [6.07, 6.45) is 2.66. The molecule has 0 spiro atoms. The van der Waals surface area contributed by atoms with Crippen molar-refractivity contribution in [2.45, 2.75) is 31.7 Å². The summed E-state index contributed by atoms with van der Waals surface area (Å²) in [7, 11) is 0. The Morgan fingerprint density at radius 3 is 2.45 bits per heavy atom. The van der Waals surface area contributed by atoms with E-state index in [1.54, 1.807) is 0 Å². The van der Waals surface area contributed by atoms with E-state index in [0.29, 0.717) is 25.7 Å². The standard InChI is InChI=1S/C17H20N2O3/c20-16(21)14-8-10-15(11-9-14)19-17(22)18-12-4-7-13-5-2-1-3-6-13/h1-3,5-6,14-15H,8-12H2,(H,20,21)(H2,18,19,22). The van der Waals surface area contributed by atoms with Crippen LogP contribution in [0.3, 0.4) is 0 Å². The Hall–Kier alpha value is -2.48. The predicted molar refractivity (Wildman–Crippen MR) is 83.2 cm³/mol. The van der Waals surface area contributed by atoms with E-state index in [2.05, 4.69) is 22.5 Å². The van der Waals surface area contributed by atoms with Crippen LogP contribution >= 0.6 is 0 Å². The molecule has 5 nitrogen and oxygen atoms in total. The van der Waals surface area contributed by atoms with Crippen molar-refractivity contribution in [1.82, 2.24) is 10.6 Å². The number of carboxylic acid groups (broad SMARTS) is 1. The summed E-state index contributed by atoms with van der Waals surface area (Å²) < 4.78 is 0. The van der Waals surface area contributed by atoms with Crippen LogP contribution in [-0.2, 0) is 4.79 Å². The third-order valence-electron chi connectivity index (χ3n) is 3.76. The van der Waals surface area contributed by atoms with Gasteiger partial charge in [0.25, 0.3) is 0 Å². The van der Waals surface area contributed by atoms with Gasteiger partial charge < -0.3 is 15.7 Å². The number of benzene rings is 1. The lowest BCUT2D eigenvalue weighted by Gasteiger charge is -2.26. The Morgan fingerprint density at radius 2 is 1.82 bits per heavy atom. The Kier molecular flexibility index (Phi) is 5.84. The summed E-state index contributed by atoms with van der Waals surface area (Å²) in [5, 5.41) is 14.5. The van der Waals surface area contributed by atoms with Crippen LogP contribution in [-0.4, -0.2) is 29.7 Å². The van der Waals surface area contributed by atoms with E-state index in [4.69, 9.17) is 5.11 Å². The van der Waals surface area contributed by atoms with Crippen LogP contribution in [0.15, 0.2) is 30.3 Å². The number of amides is 2. The van der Waals surface area contributed by atoms with Gasteiger partial charge in [-0.15, -0.1) is 0 Å². The minimum absolute atomic E-state index is 0.0534. The number of rotatable bonds is 3. The van der Waals surface area contributed by atoms with Crippen LogP contribution in [0.4, 0.5) is 4.79 Å². The summed E-state index contributed by atoms with van der Waals surface area (Å²) in [5.41, 5.74) is 0.914. The maximum atomic E-state index is 11.7. The molecule has 3 N–H and O–H groups in total. The van der Waals surface area contributed by atoms with Gasteiger partial charge >= 0.3 is 12.0 Å². The highest BCUT2D eigenvalue weighted by Crippen LogP contribution is 2.24. The second-order valence-electron chi connectivity index (χ2n) is 5.38. The van der Waals surface area contributed by atoms with Gasteiger partial charge in [0.05, 0.1) is 12.5 Å². The second-order valence-corrected chi connectivity index (χ2v) is 5.38.